The molecule has 2 N–H and O–H groups in total. The smallest absolute Gasteiger partial charge is 0.411 e. The third kappa shape index (κ3) is 4.42. The number of amides is 1. The van der Waals surface area contributed by atoms with E-state index in [0.717, 1.165) is 25.1 Å². The Hall–Kier alpha value is -1.94. The number of nitrogens with zero attached hydrogens (tertiary/aromatic N) is 1. The maximum absolute atomic E-state index is 12.6. The molecule has 7 nitrogen and oxygen atoms in total. The topological polar surface area (TPSA) is 87.7 Å². The van der Waals surface area contributed by atoms with Crippen LogP contribution in [0.25, 0.3) is 0 Å². The number of rotatable bonds is 7. The highest BCUT2D eigenvalue weighted by atomic mass is 32.2. The van der Waals surface area contributed by atoms with Crippen LogP contribution < -0.4 is 10.0 Å². The Morgan fingerprint density at radius 1 is 1.27 bits per heavy atom. The van der Waals surface area contributed by atoms with E-state index in [9.17, 15) is 13.2 Å². The molecule has 0 bridgehead atoms. The molecule has 26 heavy (non-hydrogen) atoms. The summed E-state index contributed by atoms with van der Waals surface area (Å²) < 4.78 is 32.4. The predicted octanol–water partition coefficient (Wildman–Crippen LogP) is 2.65. The molecule has 0 aliphatic carbocycles. The highest BCUT2D eigenvalue weighted by molar-refractivity contribution is 7.89. The maximum atomic E-state index is 12.6. The molecule has 140 valence electrons. The SMILES string of the molecule is COC(=O)Nc1ccc(S(=O)(=O)NCC(c2ccsc2)N2CCC2)cc1. The molecule has 1 unspecified atom stereocenters. The van der Waals surface area contributed by atoms with E-state index in [1.165, 1.54) is 31.4 Å². The summed E-state index contributed by atoms with van der Waals surface area (Å²) in [5.74, 6) is 0. The van der Waals surface area contributed by atoms with E-state index >= 15 is 0 Å². The molecule has 0 spiro atoms. The minimum Gasteiger partial charge on any atom is -0.453 e. The lowest BCUT2D eigenvalue weighted by Gasteiger charge is -2.38. The summed E-state index contributed by atoms with van der Waals surface area (Å²) in [6.07, 6.45) is 0.536. The van der Waals surface area contributed by atoms with Gasteiger partial charge in [0.05, 0.1) is 12.0 Å². The van der Waals surface area contributed by atoms with Crippen LogP contribution in [0.2, 0.25) is 0 Å². The second-order valence-corrected chi connectivity index (χ2v) is 8.50. The lowest BCUT2D eigenvalue weighted by Crippen LogP contribution is -2.44. The van der Waals surface area contributed by atoms with Crippen LogP contribution in [0.4, 0.5) is 10.5 Å². The summed E-state index contributed by atoms with van der Waals surface area (Å²) in [5.41, 5.74) is 1.60. The van der Waals surface area contributed by atoms with Crippen molar-refractivity contribution in [3.8, 4) is 0 Å². The molecule has 1 fully saturated rings. The van der Waals surface area contributed by atoms with E-state index in [2.05, 4.69) is 25.1 Å². The Morgan fingerprint density at radius 3 is 2.54 bits per heavy atom. The van der Waals surface area contributed by atoms with Gasteiger partial charge in [-0.1, -0.05) is 0 Å². The average molecular weight is 396 g/mol. The summed E-state index contributed by atoms with van der Waals surface area (Å²) in [6.45, 7) is 2.29. The van der Waals surface area contributed by atoms with Crippen molar-refractivity contribution < 1.29 is 17.9 Å². The Labute approximate surface area is 157 Å². The first-order valence-corrected chi connectivity index (χ1v) is 10.6. The number of ether oxygens (including phenoxy) is 1. The van der Waals surface area contributed by atoms with E-state index in [1.54, 1.807) is 11.3 Å². The van der Waals surface area contributed by atoms with Crippen molar-refractivity contribution in [2.24, 2.45) is 0 Å². The van der Waals surface area contributed by atoms with Gasteiger partial charge in [-0.25, -0.2) is 17.9 Å². The number of likely N-dealkylation sites (tertiary alicyclic amines) is 1. The monoisotopic (exact) mass is 395 g/mol. The molecular formula is C17H21N3O4S2. The Bertz CT molecular complexity index is 831. The van der Waals surface area contributed by atoms with Crippen LogP contribution in [0.15, 0.2) is 46.0 Å². The number of nitrogens with one attached hydrogen (secondary N) is 2. The molecule has 1 atom stereocenters. The Balaban J connectivity index is 1.67. The number of thiophene rings is 1. The fourth-order valence-electron chi connectivity index (χ4n) is 2.73. The fourth-order valence-corrected chi connectivity index (χ4v) is 4.48. The molecule has 1 amide bonds. The lowest BCUT2D eigenvalue weighted by atomic mass is 10.1. The molecule has 9 heteroatoms. The minimum atomic E-state index is -3.63. The Kier molecular flexibility index (Phi) is 5.92. The maximum Gasteiger partial charge on any atom is 0.411 e. The third-order valence-electron chi connectivity index (χ3n) is 4.32. The summed E-state index contributed by atoms with van der Waals surface area (Å²) in [7, 11) is -2.37. The first-order valence-electron chi connectivity index (χ1n) is 8.20. The first kappa shape index (κ1) is 18.8. The van der Waals surface area contributed by atoms with E-state index in [4.69, 9.17) is 0 Å². The van der Waals surface area contributed by atoms with Crippen molar-refractivity contribution in [3.05, 3.63) is 46.7 Å². The molecule has 0 radical (unpaired) electrons. The van der Waals surface area contributed by atoms with Gasteiger partial charge in [-0.3, -0.25) is 10.2 Å². The zero-order valence-electron chi connectivity index (χ0n) is 14.3. The number of carbonyl (C=O) groups excluding carboxylic acids is 1. The largest absolute Gasteiger partial charge is 0.453 e. The minimum absolute atomic E-state index is 0.0463. The third-order valence-corrected chi connectivity index (χ3v) is 6.46. The van der Waals surface area contributed by atoms with Crippen molar-refractivity contribution in [1.82, 2.24) is 9.62 Å². The zero-order valence-corrected chi connectivity index (χ0v) is 16.0. The molecule has 1 aromatic carbocycles. The number of anilines is 1. The Morgan fingerprint density at radius 2 is 2.00 bits per heavy atom. The normalized spacial score (nSPS) is 15.9. The zero-order chi connectivity index (χ0) is 18.6. The molecule has 0 saturated carbocycles. The van der Waals surface area contributed by atoms with Crippen LogP contribution in [0.5, 0.6) is 0 Å². The summed E-state index contributed by atoms with van der Waals surface area (Å²) in [6, 6.07) is 8.04. The summed E-state index contributed by atoms with van der Waals surface area (Å²) in [4.78, 5) is 13.6. The average Bonchev–Trinajstić information content (AvgIpc) is 3.11. The quantitative estimate of drug-likeness (QED) is 0.753. The molecule has 1 saturated heterocycles. The summed E-state index contributed by atoms with van der Waals surface area (Å²) >= 11 is 1.61. The van der Waals surface area contributed by atoms with Gasteiger partial charge in [-0.05, 0) is 53.1 Å². The number of methoxy groups -OCH3 is 1. The summed E-state index contributed by atoms with van der Waals surface area (Å²) in [5, 5.41) is 6.55. The second-order valence-electron chi connectivity index (χ2n) is 5.95. The molecule has 3 rings (SSSR count). The molecule has 1 aliphatic heterocycles. The fraction of sp³-hybridized carbons (Fsp3) is 0.353. The van der Waals surface area contributed by atoms with Gasteiger partial charge in [0.1, 0.15) is 0 Å². The van der Waals surface area contributed by atoms with Gasteiger partial charge < -0.3 is 4.74 Å². The molecule has 1 aromatic heterocycles. The number of carbonyl (C=O) groups is 1. The van der Waals surface area contributed by atoms with Crippen LogP contribution >= 0.6 is 11.3 Å². The molecule has 1 aliphatic rings. The van der Waals surface area contributed by atoms with Crippen LogP contribution in [-0.2, 0) is 14.8 Å². The van der Waals surface area contributed by atoms with E-state index in [-0.39, 0.29) is 10.9 Å². The molecule has 2 aromatic rings. The first-order chi connectivity index (χ1) is 12.5. The molecule has 2 heterocycles. The highest BCUT2D eigenvalue weighted by Crippen LogP contribution is 2.27. The second kappa shape index (κ2) is 8.17. The van der Waals surface area contributed by atoms with E-state index < -0.39 is 16.1 Å². The van der Waals surface area contributed by atoms with E-state index in [0.29, 0.717) is 12.2 Å². The lowest BCUT2D eigenvalue weighted by molar-refractivity contribution is 0.120. The predicted molar refractivity (Wildman–Crippen MR) is 101 cm³/mol. The van der Waals surface area contributed by atoms with Gasteiger partial charge >= 0.3 is 6.09 Å². The van der Waals surface area contributed by atoms with Gasteiger partial charge in [0.15, 0.2) is 0 Å². The van der Waals surface area contributed by atoms with Gasteiger partial charge in [0.2, 0.25) is 10.0 Å². The van der Waals surface area contributed by atoms with Crippen molar-refractivity contribution in [3.63, 3.8) is 0 Å². The van der Waals surface area contributed by atoms with Crippen LogP contribution in [0, 0.1) is 0 Å². The van der Waals surface area contributed by atoms with Crippen molar-refractivity contribution in [1.29, 1.82) is 0 Å². The van der Waals surface area contributed by atoms with Gasteiger partial charge in [0.25, 0.3) is 0 Å². The number of sulfonamides is 1. The van der Waals surface area contributed by atoms with Crippen molar-refractivity contribution in [2.45, 2.75) is 17.4 Å². The number of hydrogen-bond acceptors (Lipinski definition) is 6. The molecular weight excluding hydrogens is 374 g/mol. The van der Waals surface area contributed by atoms with E-state index in [1.807, 2.05) is 11.4 Å². The van der Waals surface area contributed by atoms with Crippen LogP contribution in [-0.4, -0.2) is 46.2 Å². The van der Waals surface area contributed by atoms with Crippen LogP contribution in [0.3, 0.4) is 0 Å². The van der Waals surface area contributed by atoms with Crippen molar-refractivity contribution in [2.75, 3.05) is 32.1 Å². The highest BCUT2D eigenvalue weighted by Gasteiger charge is 2.27. The van der Waals surface area contributed by atoms with Crippen LogP contribution in [0.1, 0.15) is 18.0 Å². The number of benzene rings is 1. The van der Waals surface area contributed by atoms with Gasteiger partial charge in [-0.2, -0.15) is 11.3 Å². The standard InChI is InChI=1S/C17H21N3O4S2/c1-24-17(21)19-14-3-5-15(6-4-14)26(22,23)18-11-16(20-8-2-9-20)13-7-10-25-12-13/h3-7,10,12,16,18H,2,8-9,11H2,1H3,(H,19,21). The number of hydrogen-bond donors (Lipinski definition) is 2. The van der Waals surface area contributed by atoms with Gasteiger partial charge in [-0.15, -0.1) is 0 Å². The van der Waals surface area contributed by atoms with Crippen molar-refractivity contribution >= 4 is 33.1 Å². The van der Waals surface area contributed by atoms with Gasteiger partial charge in [0, 0.05) is 31.4 Å².